The molecule has 0 bridgehead atoms. The number of ether oxygens (including phenoxy) is 3. The van der Waals surface area contributed by atoms with E-state index < -0.39 is 30.2 Å². The fourth-order valence-corrected chi connectivity index (χ4v) is 4.25. The van der Waals surface area contributed by atoms with Crippen molar-refractivity contribution in [3.05, 3.63) is 76.6 Å². The number of hydrogen-bond donors (Lipinski definition) is 5. The molecule has 0 fully saturated rings. The molecule has 1 heterocycles. The van der Waals surface area contributed by atoms with E-state index in [1.165, 1.54) is 7.11 Å². The molecular weight excluding hydrogens is 504 g/mol. The molecule has 2 unspecified atom stereocenters. The molecule has 0 aromatic heterocycles. The SMILES string of the molecule is CC#CC(NCC(O)COc1ccccc1)Oc1ccc(OC)cc1C1C(C(=O)O)=C(C)NC(C)=C1C(=O)O. The van der Waals surface area contributed by atoms with Crippen molar-refractivity contribution in [2.24, 2.45) is 0 Å². The van der Waals surface area contributed by atoms with Crippen LogP contribution in [-0.2, 0) is 9.59 Å². The second-order valence-electron chi connectivity index (χ2n) is 8.73. The number of allylic oxidation sites excluding steroid dienone is 2. The number of carboxylic acid groups (broad SMARTS) is 2. The van der Waals surface area contributed by atoms with E-state index in [-0.39, 0.29) is 35.6 Å². The highest BCUT2D eigenvalue weighted by Gasteiger charge is 2.38. The summed E-state index contributed by atoms with van der Waals surface area (Å²) in [7, 11) is 1.45. The number of hydrogen-bond acceptors (Lipinski definition) is 8. The molecule has 5 N–H and O–H groups in total. The number of dihydropyridines is 1. The fourth-order valence-electron chi connectivity index (χ4n) is 4.25. The predicted molar refractivity (Wildman–Crippen MR) is 143 cm³/mol. The minimum atomic E-state index is -1.27. The van der Waals surface area contributed by atoms with Gasteiger partial charge in [0.05, 0.1) is 24.2 Å². The second kappa shape index (κ2) is 13.4. The number of aliphatic hydroxyl groups is 1. The molecular formula is C29H32N2O8. The van der Waals surface area contributed by atoms with E-state index >= 15 is 0 Å². The lowest BCUT2D eigenvalue weighted by molar-refractivity contribution is -0.133. The fraction of sp³-hybridized carbons (Fsp3) is 0.310. The summed E-state index contributed by atoms with van der Waals surface area (Å²) in [5.74, 6) is 3.15. The molecule has 0 amide bonds. The lowest BCUT2D eigenvalue weighted by Gasteiger charge is -2.30. The summed E-state index contributed by atoms with van der Waals surface area (Å²) in [6.07, 6.45) is -1.80. The normalized spacial score (nSPS) is 15.0. The minimum Gasteiger partial charge on any atom is -0.497 e. The number of para-hydroxylation sites is 1. The van der Waals surface area contributed by atoms with Crippen LogP contribution in [0.25, 0.3) is 0 Å². The van der Waals surface area contributed by atoms with Crippen molar-refractivity contribution < 1.29 is 39.1 Å². The number of carbonyl (C=O) groups is 2. The molecule has 0 radical (unpaired) electrons. The average Bonchev–Trinajstić information content (AvgIpc) is 2.90. The van der Waals surface area contributed by atoms with E-state index in [0.29, 0.717) is 22.9 Å². The molecule has 0 saturated heterocycles. The van der Waals surface area contributed by atoms with Gasteiger partial charge in [-0.1, -0.05) is 18.2 Å². The van der Waals surface area contributed by atoms with E-state index in [4.69, 9.17) is 14.2 Å². The molecule has 2 aromatic rings. The topological polar surface area (TPSA) is 147 Å². The minimum absolute atomic E-state index is 0.0320. The van der Waals surface area contributed by atoms with E-state index in [1.807, 2.05) is 18.2 Å². The third-order valence-electron chi connectivity index (χ3n) is 5.99. The highest BCUT2D eigenvalue weighted by atomic mass is 16.5. The lowest BCUT2D eigenvalue weighted by Crippen LogP contribution is -2.40. The van der Waals surface area contributed by atoms with E-state index in [1.54, 1.807) is 51.1 Å². The van der Waals surface area contributed by atoms with Crippen LogP contribution in [0.5, 0.6) is 17.2 Å². The first-order valence-corrected chi connectivity index (χ1v) is 12.2. The summed E-state index contributed by atoms with van der Waals surface area (Å²) in [6, 6.07) is 13.8. The Labute approximate surface area is 226 Å². The van der Waals surface area contributed by atoms with Gasteiger partial charge in [0.15, 0.2) is 0 Å². The Morgan fingerprint density at radius 1 is 1.03 bits per heavy atom. The van der Waals surface area contributed by atoms with Crippen molar-refractivity contribution in [3.8, 4) is 29.1 Å². The average molecular weight is 537 g/mol. The van der Waals surface area contributed by atoms with E-state index in [2.05, 4.69) is 22.5 Å². The molecule has 0 spiro atoms. The van der Waals surface area contributed by atoms with Gasteiger partial charge < -0.3 is 34.8 Å². The Morgan fingerprint density at radius 3 is 2.23 bits per heavy atom. The van der Waals surface area contributed by atoms with Gasteiger partial charge in [0.1, 0.15) is 30.0 Å². The largest absolute Gasteiger partial charge is 0.497 e. The van der Waals surface area contributed by atoms with Gasteiger partial charge in [-0.25, -0.2) is 9.59 Å². The maximum atomic E-state index is 12.3. The smallest absolute Gasteiger partial charge is 0.334 e. The quantitative estimate of drug-likeness (QED) is 0.203. The first kappa shape index (κ1) is 29.1. The van der Waals surface area contributed by atoms with Gasteiger partial charge in [0, 0.05) is 23.5 Å². The van der Waals surface area contributed by atoms with Gasteiger partial charge in [0.25, 0.3) is 0 Å². The Morgan fingerprint density at radius 2 is 1.67 bits per heavy atom. The van der Waals surface area contributed by atoms with Crippen molar-refractivity contribution in [1.29, 1.82) is 0 Å². The number of aliphatic carboxylic acids is 2. The lowest BCUT2D eigenvalue weighted by atomic mass is 9.80. The third-order valence-corrected chi connectivity index (χ3v) is 5.99. The molecule has 2 atom stereocenters. The highest BCUT2D eigenvalue weighted by Crippen LogP contribution is 2.43. The van der Waals surface area contributed by atoms with Crippen molar-refractivity contribution in [3.63, 3.8) is 0 Å². The molecule has 1 aliphatic rings. The molecule has 0 saturated carbocycles. The van der Waals surface area contributed by atoms with Gasteiger partial charge in [-0.2, -0.15) is 0 Å². The number of nitrogens with one attached hydrogen (secondary N) is 2. The molecule has 1 aliphatic heterocycles. The second-order valence-corrected chi connectivity index (χ2v) is 8.73. The van der Waals surface area contributed by atoms with Crippen molar-refractivity contribution >= 4 is 11.9 Å². The molecule has 3 rings (SSSR count). The molecule has 0 aliphatic carbocycles. The maximum Gasteiger partial charge on any atom is 0.334 e. The number of carboxylic acids is 2. The van der Waals surface area contributed by atoms with Crippen LogP contribution in [0, 0.1) is 11.8 Å². The molecule has 10 heteroatoms. The molecule has 206 valence electrons. The molecule has 2 aromatic carbocycles. The monoisotopic (exact) mass is 536 g/mol. The first-order valence-electron chi connectivity index (χ1n) is 12.2. The summed E-state index contributed by atoms with van der Waals surface area (Å²) in [4.78, 5) is 24.6. The van der Waals surface area contributed by atoms with Crippen molar-refractivity contribution in [2.75, 3.05) is 20.3 Å². The van der Waals surface area contributed by atoms with Gasteiger partial charge >= 0.3 is 11.9 Å². The first-order chi connectivity index (χ1) is 18.7. The Balaban J connectivity index is 1.91. The Kier molecular flexibility index (Phi) is 9.98. The molecule has 39 heavy (non-hydrogen) atoms. The zero-order chi connectivity index (χ0) is 28.5. The van der Waals surface area contributed by atoms with Crippen LogP contribution in [0.2, 0.25) is 0 Å². The van der Waals surface area contributed by atoms with Crippen LogP contribution in [-0.4, -0.2) is 59.9 Å². The van der Waals surface area contributed by atoms with Gasteiger partial charge in [-0.05, 0) is 57.0 Å². The van der Waals surface area contributed by atoms with Crippen LogP contribution in [0.4, 0.5) is 0 Å². The maximum absolute atomic E-state index is 12.3. The van der Waals surface area contributed by atoms with E-state index in [0.717, 1.165) is 0 Å². The molecule has 10 nitrogen and oxygen atoms in total. The van der Waals surface area contributed by atoms with Crippen molar-refractivity contribution in [1.82, 2.24) is 10.6 Å². The Bertz CT molecular complexity index is 1290. The number of rotatable bonds is 12. The number of methoxy groups -OCH3 is 1. The van der Waals surface area contributed by atoms with Gasteiger partial charge in [0.2, 0.25) is 6.23 Å². The predicted octanol–water partition coefficient (Wildman–Crippen LogP) is 2.86. The zero-order valence-corrected chi connectivity index (χ0v) is 22.1. The summed E-state index contributed by atoms with van der Waals surface area (Å²) in [6.45, 7) is 4.88. The highest BCUT2D eigenvalue weighted by molar-refractivity contribution is 5.98. The van der Waals surface area contributed by atoms with Crippen LogP contribution in [0.1, 0.15) is 32.3 Å². The van der Waals surface area contributed by atoms with Crippen LogP contribution in [0.15, 0.2) is 71.1 Å². The standard InChI is InChI=1S/C29H32N2O8/c1-5-9-24(30-15-19(32)16-38-20-10-7-6-8-11-20)39-23-13-12-21(37-4)14-22(23)27-25(28(33)34)17(2)31-18(3)26(27)29(35)36/h6-8,10-14,19,24,27,30-32H,15-16H2,1-4H3,(H,33,34)(H,35,36). The summed E-state index contributed by atoms with van der Waals surface area (Å²) in [5.41, 5.74) is 0.648. The summed E-state index contributed by atoms with van der Waals surface area (Å²) in [5, 5.41) is 36.4. The van der Waals surface area contributed by atoms with Crippen LogP contribution in [0.3, 0.4) is 0 Å². The number of benzene rings is 2. The zero-order valence-electron chi connectivity index (χ0n) is 22.1. The number of aliphatic hydroxyl groups excluding tert-OH is 1. The van der Waals surface area contributed by atoms with Crippen molar-refractivity contribution in [2.45, 2.75) is 39.0 Å². The van der Waals surface area contributed by atoms with Crippen LogP contribution >= 0.6 is 0 Å². The van der Waals surface area contributed by atoms with Gasteiger partial charge in [-0.15, -0.1) is 5.92 Å². The summed E-state index contributed by atoms with van der Waals surface area (Å²) >= 11 is 0. The summed E-state index contributed by atoms with van der Waals surface area (Å²) < 4.78 is 17.1. The van der Waals surface area contributed by atoms with E-state index in [9.17, 15) is 24.9 Å². The van der Waals surface area contributed by atoms with Gasteiger partial charge in [-0.3, -0.25) is 5.32 Å². The van der Waals surface area contributed by atoms with Crippen LogP contribution < -0.4 is 24.8 Å². The Hall–Kier alpha value is -4.46. The third kappa shape index (κ3) is 7.31.